The highest BCUT2D eigenvalue weighted by atomic mass is 28.3. The highest BCUT2D eigenvalue weighted by molar-refractivity contribution is 6.94. The SMILES string of the molecule is CN(CCCN(C)c1ccc(/C=C/[Si](C)(C)c2ccc(/C=C/c3ccccc3)cc2)cc1)c1ccc(/C=C/[Si](C)(C)c2ccc(/C=C/c3ccccc3)cc2)cc1. The van der Waals surface area contributed by atoms with Crippen molar-refractivity contribution >= 4 is 74.4 Å². The molecule has 0 aliphatic carbocycles. The van der Waals surface area contributed by atoms with Gasteiger partial charge in [0.1, 0.15) is 16.1 Å². The predicted octanol–water partition coefficient (Wildman–Crippen LogP) is 12.3. The van der Waals surface area contributed by atoms with Gasteiger partial charge >= 0.3 is 0 Å². The van der Waals surface area contributed by atoms with Crippen LogP contribution in [0.1, 0.15) is 39.8 Å². The van der Waals surface area contributed by atoms with Gasteiger partial charge in [-0.05, 0) is 64.1 Å². The molecule has 0 fully saturated rings. The summed E-state index contributed by atoms with van der Waals surface area (Å²) in [5.41, 5.74) is 14.8. The zero-order valence-electron chi connectivity index (χ0n) is 34.6. The van der Waals surface area contributed by atoms with Crippen LogP contribution in [-0.2, 0) is 0 Å². The first-order valence-corrected chi connectivity index (χ1v) is 26.4. The van der Waals surface area contributed by atoms with E-state index in [-0.39, 0.29) is 0 Å². The molecular formula is C53H58N2Si2. The summed E-state index contributed by atoms with van der Waals surface area (Å²) in [7, 11) is 0.940. The Kier molecular flexibility index (Phi) is 14.0. The molecule has 0 heterocycles. The molecular weight excluding hydrogens is 721 g/mol. The summed E-state index contributed by atoms with van der Waals surface area (Å²) in [6, 6.07) is 57.1. The summed E-state index contributed by atoms with van der Waals surface area (Å²) in [6.07, 6.45) is 14.4. The molecule has 6 aromatic rings. The van der Waals surface area contributed by atoms with Crippen LogP contribution >= 0.6 is 0 Å². The quantitative estimate of drug-likeness (QED) is 0.0713. The Balaban J connectivity index is 0.941. The average Bonchev–Trinajstić information content (AvgIpc) is 3.25. The smallest absolute Gasteiger partial charge is 0.104 e. The molecule has 57 heavy (non-hydrogen) atoms. The van der Waals surface area contributed by atoms with Gasteiger partial charge in [-0.25, -0.2) is 0 Å². The van der Waals surface area contributed by atoms with Crippen molar-refractivity contribution in [3.05, 3.63) is 203 Å². The zero-order valence-corrected chi connectivity index (χ0v) is 36.6. The molecule has 0 saturated heterocycles. The Morgan fingerprint density at radius 2 is 0.632 bits per heavy atom. The molecule has 0 unspecified atom stereocenters. The fourth-order valence-corrected chi connectivity index (χ4v) is 10.5. The van der Waals surface area contributed by atoms with Crippen LogP contribution in [0.4, 0.5) is 11.4 Å². The molecule has 0 bridgehead atoms. The summed E-state index contributed by atoms with van der Waals surface area (Å²) >= 11 is 0. The van der Waals surface area contributed by atoms with Crippen LogP contribution in [0.2, 0.25) is 26.2 Å². The molecule has 6 rings (SSSR count). The third kappa shape index (κ3) is 12.2. The number of nitrogens with zero attached hydrogens (tertiary/aromatic N) is 2. The van der Waals surface area contributed by atoms with Crippen LogP contribution in [0.25, 0.3) is 36.5 Å². The second-order valence-corrected chi connectivity index (χ2v) is 24.9. The highest BCUT2D eigenvalue weighted by Crippen LogP contribution is 2.20. The van der Waals surface area contributed by atoms with Crippen LogP contribution in [0.15, 0.2) is 169 Å². The molecule has 0 amide bonds. The van der Waals surface area contributed by atoms with E-state index in [9.17, 15) is 0 Å². The third-order valence-electron chi connectivity index (χ3n) is 10.9. The fraction of sp³-hybridized carbons (Fsp3) is 0.170. The molecule has 0 aliphatic heterocycles. The first-order chi connectivity index (χ1) is 27.5. The molecule has 0 aromatic heterocycles. The van der Waals surface area contributed by atoms with Crippen molar-refractivity contribution in [1.82, 2.24) is 0 Å². The number of hydrogen-bond acceptors (Lipinski definition) is 2. The van der Waals surface area contributed by atoms with Gasteiger partial charge in [0.15, 0.2) is 0 Å². The van der Waals surface area contributed by atoms with E-state index >= 15 is 0 Å². The Morgan fingerprint density at radius 3 is 0.965 bits per heavy atom. The van der Waals surface area contributed by atoms with E-state index in [1.165, 1.54) is 55.1 Å². The van der Waals surface area contributed by atoms with Gasteiger partial charge in [-0.3, -0.25) is 0 Å². The average molecular weight is 779 g/mol. The minimum absolute atomic E-state index is 1.00. The Bertz CT molecular complexity index is 2090. The lowest BCUT2D eigenvalue weighted by molar-refractivity contribution is 0.763. The van der Waals surface area contributed by atoms with Crippen molar-refractivity contribution in [2.24, 2.45) is 0 Å². The van der Waals surface area contributed by atoms with Crippen LogP contribution < -0.4 is 20.2 Å². The minimum atomic E-state index is -1.73. The molecule has 0 atom stereocenters. The number of hydrogen-bond donors (Lipinski definition) is 0. The van der Waals surface area contributed by atoms with Crippen molar-refractivity contribution in [3.8, 4) is 0 Å². The Morgan fingerprint density at radius 1 is 0.351 bits per heavy atom. The fourth-order valence-electron chi connectivity index (χ4n) is 6.85. The second kappa shape index (κ2) is 19.5. The van der Waals surface area contributed by atoms with E-state index in [4.69, 9.17) is 0 Å². The summed E-state index contributed by atoms with van der Waals surface area (Å²) in [5, 5.41) is 2.88. The van der Waals surface area contributed by atoms with Gasteiger partial charge in [-0.1, -0.05) is 218 Å². The molecule has 2 nitrogen and oxygen atoms in total. The first-order valence-electron chi connectivity index (χ1n) is 20.2. The van der Waals surface area contributed by atoms with Gasteiger partial charge in [0.05, 0.1) is 0 Å². The number of anilines is 2. The minimum Gasteiger partial charge on any atom is -0.375 e. The van der Waals surface area contributed by atoms with Crippen LogP contribution in [0.5, 0.6) is 0 Å². The molecule has 0 aliphatic rings. The molecule has 0 N–H and O–H groups in total. The van der Waals surface area contributed by atoms with Crippen LogP contribution in [0.3, 0.4) is 0 Å². The molecule has 4 heteroatoms. The van der Waals surface area contributed by atoms with Crippen molar-refractivity contribution in [2.75, 3.05) is 37.0 Å². The lowest BCUT2D eigenvalue weighted by atomic mass is 10.1. The summed E-state index contributed by atoms with van der Waals surface area (Å²) in [4.78, 5) is 4.73. The number of benzene rings is 6. The maximum absolute atomic E-state index is 2.45. The van der Waals surface area contributed by atoms with Gasteiger partial charge in [-0.2, -0.15) is 0 Å². The second-order valence-electron chi connectivity index (χ2n) is 16.2. The van der Waals surface area contributed by atoms with Crippen LogP contribution in [0, 0.1) is 0 Å². The van der Waals surface area contributed by atoms with Crippen molar-refractivity contribution in [3.63, 3.8) is 0 Å². The topological polar surface area (TPSA) is 6.48 Å². The largest absolute Gasteiger partial charge is 0.375 e. The molecule has 288 valence electrons. The number of rotatable bonds is 16. The standard InChI is InChI=1S/C53H58N2Si2/c1-54(50-30-22-48(23-31-50)38-42-56(3,4)52-34-26-46(27-35-52)20-18-44-14-9-7-10-15-44)40-13-41-55(2)51-32-24-49(25-33-51)39-43-57(5,6)53-36-28-47(29-37-53)21-19-45-16-11-8-12-17-45/h7-12,14-39,42-43H,13,40-41H2,1-6H3/b20-18+,21-19+,42-38+,43-39+. The van der Waals surface area contributed by atoms with Crippen molar-refractivity contribution < 1.29 is 0 Å². The predicted molar refractivity (Wildman–Crippen MR) is 260 cm³/mol. The van der Waals surface area contributed by atoms with Gasteiger partial charge in [0.2, 0.25) is 0 Å². The lowest BCUT2D eigenvalue weighted by Crippen LogP contribution is -2.39. The van der Waals surface area contributed by atoms with E-state index in [2.05, 4.69) is 256 Å². The maximum Gasteiger partial charge on any atom is 0.104 e. The van der Waals surface area contributed by atoms with Gasteiger partial charge in [0, 0.05) is 38.6 Å². The summed E-state index contributed by atoms with van der Waals surface area (Å²) in [6.45, 7) is 11.7. The van der Waals surface area contributed by atoms with Crippen LogP contribution in [-0.4, -0.2) is 43.3 Å². The van der Waals surface area contributed by atoms with Crippen molar-refractivity contribution in [1.29, 1.82) is 0 Å². The summed E-state index contributed by atoms with van der Waals surface area (Å²) in [5.74, 6) is 0. The molecule has 0 saturated carbocycles. The Hall–Kier alpha value is -5.69. The normalized spacial score (nSPS) is 12.3. The lowest BCUT2D eigenvalue weighted by Gasteiger charge is -2.23. The van der Waals surface area contributed by atoms with E-state index in [0.29, 0.717) is 0 Å². The van der Waals surface area contributed by atoms with E-state index in [1.54, 1.807) is 0 Å². The first kappa shape index (κ1) is 41.0. The van der Waals surface area contributed by atoms with E-state index in [0.717, 1.165) is 19.5 Å². The van der Waals surface area contributed by atoms with Gasteiger partial charge in [-0.15, -0.1) is 0 Å². The maximum atomic E-state index is 2.45. The highest BCUT2D eigenvalue weighted by Gasteiger charge is 2.20. The monoisotopic (exact) mass is 778 g/mol. The zero-order chi connectivity index (χ0) is 40.1. The molecule has 0 radical (unpaired) electrons. The Labute approximate surface area is 344 Å². The molecule has 6 aromatic carbocycles. The van der Waals surface area contributed by atoms with Gasteiger partial charge < -0.3 is 9.80 Å². The van der Waals surface area contributed by atoms with E-state index < -0.39 is 16.1 Å². The summed E-state index contributed by atoms with van der Waals surface area (Å²) < 4.78 is 0. The van der Waals surface area contributed by atoms with Gasteiger partial charge in [0.25, 0.3) is 0 Å². The molecule has 0 spiro atoms. The van der Waals surface area contributed by atoms with Crippen molar-refractivity contribution in [2.45, 2.75) is 32.6 Å². The van der Waals surface area contributed by atoms with E-state index in [1.807, 2.05) is 0 Å². The third-order valence-corrected chi connectivity index (χ3v) is 16.5.